The predicted octanol–water partition coefficient (Wildman–Crippen LogP) is 0.833. The van der Waals surface area contributed by atoms with Gasteiger partial charge >= 0.3 is 5.97 Å². The van der Waals surface area contributed by atoms with Crippen molar-refractivity contribution in [3.05, 3.63) is 23.8 Å². The van der Waals surface area contributed by atoms with Gasteiger partial charge in [0.15, 0.2) is 11.5 Å². The zero-order chi connectivity index (χ0) is 16.3. The molecule has 1 aromatic carbocycles. The van der Waals surface area contributed by atoms with Crippen molar-refractivity contribution in [3.8, 4) is 11.5 Å². The number of carbonyl (C=O) groups excluding carboxylic acids is 1. The zero-order valence-electron chi connectivity index (χ0n) is 12.0. The van der Waals surface area contributed by atoms with Crippen LogP contribution in [0.1, 0.15) is 24.8 Å². The van der Waals surface area contributed by atoms with E-state index in [2.05, 4.69) is 17.0 Å². The average molecular weight is 306 g/mol. The van der Waals surface area contributed by atoms with E-state index in [-0.39, 0.29) is 17.9 Å². The summed E-state index contributed by atoms with van der Waals surface area (Å²) < 4.78 is 0. The van der Waals surface area contributed by atoms with Crippen LogP contribution in [-0.2, 0) is 16.0 Å². The molecule has 0 radical (unpaired) electrons. The Hall–Kier alpha value is -2.57. The lowest BCUT2D eigenvalue weighted by Gasteiger charge is -2.36. The Morgan fingerprint density at radius 1 is 1.32 bits per heavy atom. The van der Waals surface area contributed by atoms with Gasteiger partial charge in [-0.3, -0.25) is 9.79 Å². The largest absolute Gasteiger partial charge is 0.504 e. The van der Waals surface area contributed by atoms with Crippen LogP contribution in [0.3, 0.4) is 0 Å². The minimum atomic E-state index is -1.18. The molecular formula is C15H18N2O5. The smallest absolute Gasteiger partial charge is 0.326 e. The average Bonchev–Trinajstić information content (AvgIpc) is 2.41. The molecule has 1 amide bonds. The lowest BCUT2D eigenvalue weighted by molar-refractivity contribution is -0.143. The molecule has 0 aliphatic heterocycles. The first-order valence-electron chi connectivity index (χ1n) is 6.90. The quantitative estimate of drug-likeness (QED) is 0.458. The molecule has 0 heterocycles. The molecule has 0 aromatic heterocycles. The van der Waals surface area contributed by atoms with Crippen LogP contribution in [0, 0.1) is 0 Å². The van der Waals surface area contributed by atoms with Gasteiger partial charge in [0.2, 0.25) is 5.91 Å². The van der Waals surface area contributed by atoms with E-state index in [9.17, 15) is 24.9 Å². The van der Waals surface area contributed by atoms with Crippen LogP contribution < -0.4 is 5.32 Å². The number of aliphatic carboxylic acids is 1. The summed E-state index contributed by atoms with van der Waals surface area (Å²) >= 11 is 0. The number of hydrogen-bond donors (Lipinski definition) is 4. The molecule has 22 heavy (non-hydrogen) atoms. The molecule has 0 bridgehead atoms. The summed E-state index contributed by atoms with van der Waals surface area (Å²) in [4.78, 5) is 27.4. The van der Waals surface area contributed by atoms with Crippen molar-refractivity contribution in [1.82, 2.24) is 5.32 Å². The summed E-state index contributed by atoms with van der Waals surface area (Å²) in [6.07, 6.45) is 1.97. The number of aromatic hydroxyl groups is 2. The minimum absolute atomic E-state index is 0.0118. The zero-order valence-corrected chi connectivity index (χ0v) is 12.0. The molecule has 4 N–H and O–H groups in total. The van der Waals surface area contributed by atoms with Gasteiger partial charge in [0.25, 0.3) is 0 Å². The summed E-state index contributed by atoms with van der Waals surface area (Å²) in [5.41, 5.74) is -0.428. The highest BCUT2D eigenvalue weighted by molar-refractivity contribution is 5.91. The maximum absolute atomic E-state index is 12.2. The molecule has 1 aromatic rings. The lowest BCUT2D eigenvalue weighted by Crippen LogP contribution is -2.55. The fourth-order valence-electron chi connectivity index (χ4n) is 2.39. The van der Waals surface area contributed by atoms with Crippen molar-refractivity contribution < 1.29 is 24.9 Å². The number of carboxylic acids is 1. The first-order chi connectivity index (χ1) is 10.4. The molecule has 7 heteroatoms. The third-order valence-corrected chi connectivity index (χ3v) is 3.99. The molecule has 0 saturated heterocycles. The maximum Gasteiger partial charge on any atom is 0.326 e. The molecular weight excluding hydrogens is 288 g/mol. The number of hydrogen-bond acceptors (Lipinski definition) is 5. The molecule has 1 saturated carbocycles. The van der Waals surface area contributed by atoms with Gasteiger partial charge in [-0.15, -0.1) is 0 Å². The summed E-state index contributed by atoms with van der Waals surface area (Å²) in [5, 5.41) is 30.4. The van der Waals surface area contributed by atoms with E-state index in [0.717, 1.165) is 6.42 Å². The number of nitrogens with zero attached hydrogens (tertiary/aromatic N) is 1. The Morgan fingerprint density at radius 2 is 2.00 bits per heavy atom. The molecule has 0 unspecified atom stereocenters. The fraction of sp³-hybridized carbons (Fsp3) is 0.400. The van der Waals surface area contributed by atoms with Crippen LogP contribution in [0.25, 0.3) is 0 Å². The lowest BCUT2D eigenvalue weighted by atomic mass is 9.76. The van der Waals surface area contributed by atoms with Crippen molar-refractivity contribution >= 4 is 18.6 Å². The second-order valence-corrected chi connectivity index (χ2v) is 5.43. The van der Waals surface area contributed by atoms with Crippen molar-refractivity contribution in [2.24, 2.45) is 4.99 Å². The third-order valence-electron chi connectivity index (χ3n) is 3.99. The number of phenols is 2. The Kier molecular flexibility index (Phi) is 4.35. The van der Waals surface area contributed by atoms with Crippen LogP contribution in [0.5, 0.6) is 11.5 Å². The fourth-order valence-corrected chi connectivity index (χ4v) is 2.39. The molecule has 1 atom stereocenters. The van der Waals surface area contributed by atoms with Crippen LogP contribution in [0.4, 0.5) is 0 Å². The molecule has 1 fully saturated rings. The Labute approximate surface area is 127 Å². The second-order valence-electron chi connectivity index (χ2n) is 5.43. The van der Waals surface area contributed by atoms with Crippen LogP contribution in [0.2, 0.25) is 0 Å². The van der Waals surface area contributed by atoms with Crippen LogP contribution in [0.15, 0.2) is 23.2 Å². The van der Waals surface area contributed by atoms with Gasteiger partial charge < -0.3 is 20.6 Å². The molecule has 2 rings (SSSR count). The monoisotopic (exact) mass is 306 g/mol. The first kappa shape index (κ1) is 15.8. The van der Waals surface area contributed by atoms with Crippen molar-refractivity contribution in [2.75, 3.05) is 0 Å². The van der Waals surface area contributed by atoms with E-state index in [1.807, 2.05) is 0 Å². The SMILES string of the molecule is C=NC1(C(=O)N[C@@H](Cc2ccc(O)c(O)c2)C(=O)O)CCC1. The highest BCUT2D eigenvalue weighted by Crippen LogP contribution is 2.35. The predicted molar refractivity (Wildman–Crippen MR) is 79.2 cm³/mol. The normalized spacial score (nSPS) is 17.1. The van der Waals surface area contributed by atoms with E-state index in [1.165, 1.54) is 18.2 Å². The van der Waals surface area contributed by atoms with E-state index in [0.29, 0.717) is 18.4 Å². The van der Waals surface area contributed by atoms with Gasteiger partial charge in [0.05, 0.1) is 0 Å². The number of phenolic OH excluding ortho intramolecular Hbond substituents is 2. The highest BCUT2D eigenvalue weighted by Gasteiger charge is 2.44. The van der Waals surface area contributed by atoms with Gasteiger partial charge in [-0.1, -0.05) is 6.07 Å². The maximum atomic E-state index is 12.2. The number of carbonyl (C=O) groups is 2. The number of carboxylic acid groups (broad SMARTS) is 1. The van der Waals surface area contributed by atoms with E-state index < -0.39 is 23.5 Å². The van der Waals surface area contributed by atoms with Crippen molar-refractivity contribution in [2.45, 2.75) is 37.3 Å². The van der Waals surface area contributed by atoms with Gasteiger partial charge in [-0.25, -0.2) is 4.79 Å². The van der Waals surface area contributed by atoms with Gasteiger partial charge in [0, 0.05) is 6.42 Å². The minimum Gasteiger partial charge on any atom is -0.504 e. The number of nitrogens with one attached hydrogen (secondary N) is 1. The van der Waals surface area contributed by atoms with E-state index in [4.69, 9.17) is 0 Å². The summed E-state index contributed by atoms with van der Waals surface area (Å²) in [5.74, 6) is -2.25. The van der Waals surface area contributed by atoms with Gasteiger partial charge in [-0.05, 0) is 43.7 Å². The molecule has 7 nitrogen and oxygen atoms in total. The summed E-state index contributed by atoms with van der Waals surface area (Å²) in [6, 6.07) is 2.88. The van der Waals surface area contributed by atoms with Crippen LogP contribution in [-0.4, -0.2) is 45.5 Å². The number of amides is 1. The second kappa shape index (κ2) is 6.05. The standard InChI is InChI=1S/C15H18N2O5/c1-16-15(5-2-6-15)14(22)17-10(13(20)21)7-9-3-4-11(18)12(19)8-9/h3-4,8,10,18-19H,1-2,5-7H2,(H,17,22)(H,20,21)/t10-/m0/s1. The topological polar surface area (TPSA) is 119 Å². The van der Waals surface area contributed by atoms with Crippen molar-refractivity contribution in [3.63, 3.8) is 0 Å². The molecule has 118 valence electrons. The van der Waals surface area contributed by atoms with Crippen molar-refractivity contribution in [1.29, 1.82) is 0 Å². The third kappa shape index (κ3) is 3.03. The Bertz CT molecular complexity index is 610. The summed E-state index contributed by atoms with van der Waals surface area (Å²) in [7, 11) is 0. The van der Waals surface area contributed by atoms with E-state index >= 15 is 0 Å². The van der Waals surface area contributed by atoms with Gasteiger partial charge in [-0.2, -0.15) is 0 Å². The number of benzene rings is 1. The van der Waals surface area contributed by atoms with Crippen LogP contribution >= 0.6 is 0 Å². The van der Waals surface area contributed by atoms with E-state index in [1.54, 1.807) is 0 Å². The molecule has 1 aliphatic rings. The molecule has 1 aliphatic carbocycles. The molecule has 0 spiro atoms. The van der Waals surface area contributed by atoms with Gasteiger partial charge in [0.1, 0.15) is 11.6 Å². The Balaban J connectivity index is 2.10. The number of aliphatic imine (C=N–C) groups is 1. The number of rotatable bonds is 6. The first-order valence-corrected chi connectivity index (χ1v) is 6.90. The summed E-state index contributed by atoms with van der Waals surface area (Å²) in [6.45, 7) is 3.41. The Morgan fingerprint density at radius 3 is 2.45 bits per heavy atom. The highest BCUT2D eigenvalue weighted by atomic mass is 16.4.